The molecule has 0 bridgehead atoms. The zero-order chi connectivity index (χ0) is 14.8. The summed E-state index contributed by atoms with van der Waals surface area (Å²) in [6, 6.07) is 15.0. The molecule has 0 heterocycles. The van der Waals surface area contributed by atoms with E-state index < -0.39 is 0 Å². The number of carbonyl (C=O) groups excluding carboxylic acids is 1. The van der Waals surface area contributed by atoms with Crippen LogP contribution in [0.15, 0.2) is 42.5 Å². The molecule has 0 aromatic heterocycles. The lowest BCUT2D eigenvalue weighted by molar-refractivity contribution is -0.115. The van der Waals surface area contributed by atoms with Gasteiger partial charge in [-0.15, -0.1) is 0 Å². The van der Waals surface area contributed by atoms with E-state index in [1.165, 1.54) is 22.3 Å². The van der Waals surface area contributed by atoms with E-state index in [-0.39, 0.29) is 5.91 Å². The average molecular weight is 280 g/mol. The van der Waals surface area contributed by atoms with E-state index in [0.29, 0.717) is 12.6 Å². The van der Waals surface area contributed by atoms with Crippen LogP contribution in [0.3, 0.4) is 0 Å². The summed E-state index contributed by atoms with van der Waals surface area (Å²) in [6.07, 6.45) is 0.944. The first-order valence-electron chi connectivity index (χ1n) is 7.38. The summed E-state index contributed by atoms with van der Waals surface area (Å²) < 4.78 is 0. The lowest BCUT2D eigenvalue weighted by Crippen LogP contribution is -2.32. The number of nitrogens with one attached hydrogen (secondary N) is 2. The van der Waals surface area contributed by atoms with E-state index in [0.717, 1.165) is 12.1 Å². The van der Waals surface area contributed by atoms with E-state index >= 15 is 0 Å². The molecule has 0 fully saturated rings. The summed E-state index contributed by atoms with van der Waals surface area (Å²) in [5.41, 5.74) is 6.11. The molecule has 2 aromatic rings. The van der Waals surface area contributed by atoms with Gasteiger partial charge in [-0.25, -0.2) is 0 Å². The van der Waals surface area contributed by atoms with Gasteiger partial charge in [-0.2, -0.15) is 0 Å². The number of rotatable bonds is 4. The molecule has 3 rings (SSSR count). The highest BCUT2D eigenvalue weighted by atomic mass is 16.1. The molecule has 0 saturated carbocycles. The minimum atomic E-state index is -0.000777. The van der Waals surface area contributed by atoms with Gasteiger partial charge in [0.25, 0.3) is 0 Å². The lowest BCUT2D eigenvalue weighted by atomic mass is 10.1. The first-order chi connectivity index (χ1) is 10.1. The van der Waals surface area contributed by atoms with Gasteiger partial charge in [-0.1, -0.05) is 44.2 Å². The van der Waals surface area contributed by atoms with Crippen molar-refractivity contribution in [2.24, 2.45) is 0 Å². The third-order valence-electron chi connectivity index (χ3n) is 3.75. The van der Waals surface area contributed by atoms with Crippen LogP contribution in [0.1, 0.15) is 25.0 Å². The monoisotopic (exact) mass is 280 g/mol. The fraction of sp³-hybridized carbons (Fsp3) is 0.278. The highest BCUT2D eigenvalue weighted by Gasteiger charge is 2.18. The van der Waals surface area contributed by atoms with Crippen molar-refractivity contribution in [1.82, 2.24) is 5.32 Å². The molecule has 0 spiro atoms. The van der Waals surface area contributed by atoms with Crippen molar-refractivity contribution in [2.75, 3.05) is 11.9 Å². The third-order valence-corrected chi connectivity index (χ3v) is 3.75. The number of carbonyl (C=O) groups is 1. The van der Waals surface area contributed by atoms with Gasteiger partial charge < -0.3 is 10.6 Å². The standard InChI is InChI=1S/C18H20N2O/c1-12(2)19-11-18(21)20-15-7-8-17-14(10-15)9-13-5-3-4-6-16(13)17/h3-8,10,12,19H,9,11H2,1-2H3,(H,20,21). The van der Waals surface area contributed by atoms with Gasteiger partial charge in [-0.05, 0) is 40.8 Å². The minimum absolute atomic E-state index is 0.000777. The molecular formula is C18H20N2O. The van der Waals surface area contributed by atoms with Gasteiger partial charge in [0.1, 0.15) is 0 Å². The number of benzene rings is 2. The van der Waals surface area contributed by atoms with Crippen LogP contribution in [0.4, 0.5) is 5.69 Å². The summed E-state index contributed by atoms with van der Waals surface area (Å²) in [7, 11) is 0. The zero-order valence-electron chi connectivity index (χ0n) is 12.4. The number of amides is 1. The molecule has 3 heteroatoms. The van der Waals surface area contributed by atoms with E-state index in [4.69, 9.17) is 0 Å². The molecule has 1 amide bonds. The smallest absolute Gasteiger partial charge is 0.238 e. The highest BCUT2D eigenvalue weighted by molar-refractivity contribution is 5.93. The van der Waals surface area contributed by atoms with E-state index in [9.17, 15) is 4.79 Å². The summed E-state index contributed by atoms with van der Waals surface area (Å²) in [5, 5.41) is 6.07. The Morgan fingerprint density at radius 3 is 2.67 bits per heavy atom. The van der Waals surface area contributed by atoms with Crippen molar-refractivity contribution in [2.45, 2.75) is 26.3 Å². The second-order valence-corrected chi connectivity index (χ2v) is 5.79. The fourth-order valence-corrected chi connectivity index (χ4v) is 2.72. The minimum Gasteiger partial charge on any atom is -0.325 e. The summed E-state index contributed by atoms with van der Waals surface area (Å²) in [6.45, 7) is 4.40. The Morgan fingerprint density at radius 2 is 1.86 bits per heavy atom. The van der Waals surface area contributed by atoms with Gasteiger partial charge in [-0.3, -0.25) is 4.79 Å². The first kappa shape index (κ1) is 13.8. The Morgan fingerprint density at radius 1 is 1.10 bits per heavy atom. The molecule has 0 saturated heterocycles. The molecule has 1 aliphatic rings. The zero-order valence-corrected chi connectivity index (χ0v) is 12.4. The number of anilines is 1. The maximum Gasteiger partial charge on any atom is 0.238 e. The van der Waals surface area contributed by atoms with Crippen LogP contribution in [0.2, 0.25) is 0 Å². The largest absolute Gasteiger partial charge is 0.325 e. The van der Waals surface area contributed by atoms with Gasteiger partial charge in [0.2, 0.25) is 5.91 Å². The molecule has 21 heavy (non-hydrogen) atoms. The van der Waals surface area contributed by atoms with E-state index in [2.05, 4.69) is 47.0 Å². The predicted molar refractivity (Wildman–Crippen MR) is 86.5 cm³/mol. The van der Waals surface area contributed by atoms with Crippen LogP contribution in [-0.2, 0) is 11.2 Å². The predicted octanol–water partition coefficient (Wildman–Crippen LogP) is 3.19. The van der Waals surface area contributed by atoms with Crippen molar-refractivity contribution in [3.8, 4) is 11.1 Å². The van der Waals surface area contributed by atoms with Crippen molar-refractivity contribution in [3.05, 3.63) is 53.6 Å². The third kappa shape index (κ3) is 2.98. The van der Waals surface area contributed by atoms with Crippen LogP contribution in [-0.4, -0.2) is 18.5 Å². The number of fused-ring (bicyclic) bond motifs is 3. The molecule has 3 nitrogen and oxygen atoms in total. The molecule has 2 aromatic carbocycles. The molecular weight excluding hydrogens is 260 g/mol. The second-order valence-electron chi connectivity index (χ2n) is 5.79. The van der Waals surface area contributed by atoms with E-state index in [1.54, 1.807) is 0 Å². The highest BCUT2D eigenvalue weighted by Crippen LogP contribution is 2.37. The quantitative estimate of drug-likeness (QED) is 0.770. The molecule has 0 radical (unpaired) electrons. The van der Waals surface area contributed by atoms with Gasteiger partial charge in [0.05, 0.1) is 6.54 Å². The van der Waals surface area contributed by atoms with Crippen LogP contribution in [0.25, 0.3) is 11.1 Å². The van der Waals surface area contributed by atoms with Crippen LogP contribution in [0.5, 0.6) is 0 Å². The summed E-state index contributed by atoms with van der Waals surface area (Å²) >= 11 is 0. The van der Waals surface area contributed by atoms with Crippen LogP contribution >= 0.6 is 0 Å². The van der Waals surface area contributed by atoms with Crippen molar-refractivity contribution >= 4 is 11.6 Å². The Bertz CT molecular complexity index is 677. The lowest BCUT2D eigenvalue weighted by Gasteiger charge is -2.10. The van der Waals surface area contributed by atoms with Gasteiger partial charge >= 0.3 is 0 Å². The second kappa shape index (κ2) is 5.70. The van der Waals surface area contributed by atoms with Gasteiger partial charge in [0.15, 0.2) is 0 Å². The number of hydrogen-bond acceptors (Lipinski definition) is 2. The molecule has 0 atom stereocenters. The Kier molecular flexibility index (Phi) is 3.76. The maximum atomic E-state index is 11.9. The topological polar surface area (TPSA) is 41.1 Å². The van der Waals surface area contributed by atoms with Crippen molar-refractivity contribution in [3.63, 3.8) is 0 Å². The van der Waals surface area contributed by atoms with Gasteiger partial charge in [0, 0.05) is 11.7 Å². The SMILES string of the molecule is CC(C)NCC(=O)Nc1ccc2c(c1)Cc1ccccc1-2. The van der Waals surface area contributed by atoms with Crippen molar-refractivity contribution < 1.29 is 4.79 Å². The van der Waals surface area contributed by atoms with E-state index in [1.807, 2.05) is 19.9 Å². The molecule has 0 unspecified atom stereocenters. The maximum absolute atomic E-state index is 11.9. The van der Waals surface area contributed by atoms with Crippen LogP contribution in [0, 0.1) is 0 Å². The molecule has 1 aliphatic carbocycles. The first-order valence-corrected chi connectivity index (χ1v) is 7.38. The molecule has 2 N–H and O–H groups in total. The van der Waals surface area contributed by atoms with Crippen LogP contribution < -0.4 is 10.6 Å². The summed E-state index contributed by atoms with van der Waals surface area (Å²) in [5.74, 6) is -0.000777. The number of hydrogen-bond donors (Lipinski definition) is 2. The average Bonchev–Trinajstić information content (AvgIpc) is 2.82. The Labute approximate surface area is 125 Å². The summed E-state index contributed by atoms with van der Waals surface area (Å²) in [4.78, 5) is 11.9. The normalized spacial score (nSPS) is 12.1. The fourth-order valence-electron chi connectivity index (χ4n) is 2.72. The Hall–Kier alpha value is -2.13. The van der Waals surface area contributed by atoms with Crippen molar-refractivity contribution in [1.29, 1.82) is 0 Å². The molecule has 108 valence electrons. The Balaban J connectivity index is 1.74. The molecule has 0 aliphatic heterocycles.